The van der Waals surface area contributed by atoms with Crippen LogP contribution in [0, 0.1) is 20.8 Å². The van der Waals surface area contributed by atoms with Crippen LogP contribution in [0.25, 0.3) is 0 Å². The van der Waals surface area contributed by atoms with E-state index >= 15 is 0 Å². The Bertz CT molecular complexity index is 191. The van der Waals surface area contributed by atoms with Crippen molar-refractivity contribution in [2.45, 2.75) is 28.2 Å². The first kappa shape index (κ1) is 9.22. The minimum atomic E-state index is 0. The molecule has 0 amide bonds. The smallest absolute Gasteiger partial charge is 0.0392 e. The Balaban J connectivity index is 0.000000810. The molecule has 0 nitrogen and oxygen atoms in total. The summed E-state index contributed by atoms with van der Waals surface area (Å²) in [4.78, 5) is 0. The van der Waals surface area contributed by atoms with Crippen molar-refractivity contribution in [3.63, 3.8) is 0 Å². The molecule has 0 aliphatic heterocycles. The zero-order valence-corrected chi connectivity index (χ0v) is 6.23. The zero-order valence-electron chi connectivity index (χ0n) is 6.23. The second-order valence-corrected chi connectivity index (χ2v) is 2.52. The molecule has 0 heterocycles. The standard InChI is InChI=1S/C9H12.CH4/c1-7-5-4-6-8(2)9(7)3;/h4-6H,1-3H3;1H4. The Hall–Kier alpha value is -0.780. The Kier molecular flexibility index (Phi) is 3.14. The molecular weight excluding hydrogens is 120 g/mol. The Morgan fingerprint density at radius 2 is 1.30 bits per heavy atom. The molecule has 1 aromatic carbocycles. The van der Waals surface area contributed by atoms with E-state index < -0.39 is 0 Å². The van der Waals surface area contributed by atoms with Gasteiger partial charge in [-0.15, -0.1) is 0 Å². The number of aryl methyl sites for hydroxylation is 2. The third kappa shape index (κ3) is 1.60. The van der Waals surface area contributed by atoms with Gasteiger partial charge in [0.15, 0.2) is 0 Å². The summed E-state index contributed by atoms with van der Waals surface area (Å²) in [6.07, 6.45) is 0. The van der Waals surface area contributed by atoms with Crippen molar-refractivity contribution in [3.05, 3.63) is 34.9 Å². The quantitative estimate of drug-likeness (QED) is 0.513. The Morgan fingerprint density at radius 1 is 0.900 bits per heavy atom. The average molecular weight is 136 g/mol. The van der Waals surface area contributed by atoms with Crippen LogP contribution >= 0.6 is 0 Å². The fourth-order valence-electron chi connectivity index (χ4n) is 0.898. The van der Waals surface area contributed by atoms with Crippen LogP contribution in [0.4, 0.5) is 0 Å². The molecule has 0 N–H and O–H groups in total. The molecule has 0 aromatic heterocycles. The summed E-state index contributed by atoms with van der Waals surface area (Å²) in [5.74, 6) is 0. The summed E-state index contributed by atoms with van der Waals surface area (Å²) < 4.78 is 0. The van der Waals surface area contributed by atoms with E-state index in [1.54, 1.807) is 0 Å². The summed E-state index contributed by atoms with van der Waals surface area (Å²) in [5.41, 5.74) is 4.18. The van der Waals surface area contributed by atoms with Gasteiger partial charge in [0.2, 0.25) is 0 Å². The lowest BCUT2D eigenvalue weighted by Crippen LogP contribution is -1.82. The molecule has 0 radical (unpaired) electrons. The van der Waals surface area contributed by atoms with E-state index in [0.29, 0.717) is 0 Å². The van der Waals surface area contributed by atoms with Crippen molar-refractivity contribution in [2.24, 2.45) is 0 Å². The third-order valence-corrected chi connectivity index (χ3v) is 1.88. The van der Waals surface area contributed by atoms with E-state index in [9.17, 15) is 0 Å². The van der Waals surface area contributed by atoms with Crippen LogP contribution < -0.4 is 0 Å². The Morgan fingerprint density at radius 3 is 1.60 bits per heavy atom. The van der Waals surface area contributed by atoms with Gasteiger partial charge < -0.3 is 0 Å². The van der Waals surface area contributed by atoms with E-state index in [1.807, 2.05) is 0 Å². The van der Waals surface area contributed by atoms with Gasteiger partial charge in [-0.25, -0.2) is 0 Å². The van der Waals surface area contributed by atoms with E-state index in [4.69, 9.17) is 0 Å². The lowest BCUT2D eigenvalue weighted by molar-refractivity contribution is 1.27. The van der Waals surface area contributed by atoms with E-state index in [-0.39, 0.29) is 7.43 Å². The summed E-state index contributed by atoms with van der Waals surface area (Å²) in [6, 6.07) is 6.38. The van der Waals surface area contributed by atoms with Gasteiger partial charge in [0.1, 0.15) is 0 Å². The second kappa shape index (κ2) is 3.40. The highest BCUT2D eigenvalue weighted by molar-refractivity contribution is 5.31. The van der Waals surface area contributed by atoms with Crippen molar-refractivity contribution in [3.8, 4) is 0 Å². The van der Waals surface area contributed by atoms with Crippen molar-refractivity contribution in [1.82, 2.24) is 0 Å². The maximum atomic E-state index is 2.16. The molecule has 0 saturated heterocycles. The van der Waals surface area contributed by atoms with E-state index in [0.717, 1.165) is 0 Å². The van der Waals surface area contributed by atoms with Crippen molar-refractivity contribution in [1.29, 1.82) is 0 Å². The predicted octanol–water partition coefficient (Wildman–Crippen LogP) is 3.25. The van der Waals surface area contributed by atoms with Gasteiger partial charge in [0.05, 0.1) is 0 Å². The van der Waals surface area contributed by atoms with Gasteiger partial charge in [-0.05, 0) is 37.5 Å². The van der Waals surface area contributed by atoms with Crippen LogP contribution in [0.1, 0.15) is 24.1 Å². The van der Waals surface area contributed by atoms with Crippen LogP contribution in [0.5, 0.6) is 0 Å². The monoisotopic (exact) mass is 136 g/mol. The molecule has 0 heteroatoms. The maximum Gasteiger partial charge on any atom is -0.0392 e. The number of benzene rings is 1. The van der Waals surface area contributed by atoms with Gasteiger partial charge in [-0.3, -0.25) is 0 Å². The molecule has 1 aromatic rings. The Labute approximate surface area is 63.9 Å². The molecule has 1 rings (SSSR count). The zero-order chi connectivity index (χ0) is 6.85. The van der Waals surface area contributed by atoms with Gasteiger partial charge in [-0.1, -0.05) is 25.6 Å². The van der Waals surface area contributed by atoms with Crippen molar-refractivity contribution >= 4 is 0 Å². The summed E-state index contributed by atoms with van der Waals surface area (Å²) in [5, 5.41) is 0. The highest BCUT2D eigenvalue weighted by atomic mass is 14.0. The highest BCUT2D eigenvalue weighted by Gasteiger charge is 1.91. The van der Waals surface area contributed by atoms with Crippen LogP contribution in [-0.4, -0.2) is 0 Å². The van der Waals surface area contributed by atoms with E-state index in [2.05, 4.69) is 39.0 Å². The minimum Gasteiger partial charge on any atom is -0.0776 e. The minimum absolute atomic E-state index is 0. The third-order valence-electron chi connectivity index (χ3n) is 1.88. The first-order valence-electron chi connectivity index (χ1n) is 3.24. The second-order valence-electron chi connectivity index (χ2n) is 2.52. The molecule has 0 aliphatic rings. The molecule has 0 aliphatic carbocycles. The van der Waals surface area contributed by atoms with Crippen molar-refractivity contribution in [2.75, 3.05) is 0 Å². The largest absolute Gasteiger partial charge is 0.0776 e. The molecular formula is C10H16. The average Bonchev–Trinajstić information content (AvgIpc) is 1.83. The lowest BCUT2D eigenvalue weighted by Gasteiger charge is -2.00. The van der Waals surface area contributed by atoms with Gasteiger partial charge in [-0.2, -0.15) is 0 Å². The predicted molar refractivity (Wildman–Crippen MR) is 47.4 cm³/mol. The topological polar surface area (TPSA) is 0 Å². The molecule has 0 saturated carbocycles. The fraction of sp³-hybridized carbons (Fsp3) is 0.400. The first-order chi connectivity index (χ1) is 4.22. The van der Waals surface area contributed by atoms with Crippen LogP contribution in [-0.2, 0) is 0 Å². The van der Waals surface area contributed by atoms with Gasteiger partial charge in [0, 0.05) is 0 Å². The van der Waals surface area contributed by atoms with Gasteiger partial charge >= 0.3 is 0 Å². The number of hydrogen-bond donors (Lipinski definition) is 0. The molecule has 0 fully saturated rings. The fourth-order valence-corrected chi connectivity index (χ4v) is 0.898. The normalized spacial score (nSPS) is 8.70. The van der Waals surface area contributed by atoms with Crippen LogP contribution in [0.3, 0.4) is 0 Å². The molecule has 0 spiro atoms. The maximum absolute atomic E-state index is 2.16. The molecule has 10 heavy (non-hydrogen) atoms. The summed E-state index contributed by atoms with van der Waals surface area (Å²) in [7, 11) is 0. The van der Waals surface area contributed by atoms with Gasteiger partial charge in [0.25, 0.3) is 0 Å². The first-order valence-corrected chi connectivity index (χ1v) is 3.24. The lowest BCUT2D eigenvalue weighted by atomic mass is 10.1. The summed E-state index contributed by atoms with van der Waals surface area (Å²) >= 11 is 0. The SMILES string of the molecule is C.Cc1cccc(C)c1C. The molecule has 0 unspecified atom stereocenters. The molecule has 0 bridgehead atoms. The highest BCUT2D eigenvalue weighted by Crippen LogP contribution is 2.09. The van der Waals surface area contributed by atoms with E-state index in [1.165, 1.54) is 16.7 Å². The van der Waals surface area contributed by atoms with Crippen LogP contribution in [0.2, 0.25) is 0 Å². The van der Waals surface area contributed by atoms with Crippen molar-refractivity contribution < 1.29 is 0 Å². The number of hydrogen-bond acceptors (Lipinski definition) is 0. The molecule has 56 valence electrons. The molecule has 0 atom stereocenters. The van der Waals surface area contributed by atoms with Crippen LogP contribution in [0.15, 0.2) is 18.2 Å². The summed E-state index contributed by atoms with van der Waals surface area (Å²) in [6.45, 7) is 6.44. The number of rotatable bonds is 0.